The first-order valence-corrected chi connectivity index (χ1v) is 13.3. The van der Waals surface area contributed by atoms with Crippen molar-refractivity contribution in [2.45, 2.75) is 69.0 Å². The third kappa shape index (κ3) is 4.43. The molecule has 10 heteroatoms. The number of alkyl halides is 1. The number of rotatable bonds is 6. The molecule has 2 aromatic heterocycles. The lowest BCUT2D eigenvalue weighted by atomic mass is 9.76. The summed E-state index contributed by atoms with van der Waals surface area (Å²) in [6.45, 7) is 4.15. The number of likely N-dealkylation sites (tertiary alicyclic amines) is 1. The van der Waals surface area contributed by atoms with Crippen molar-refractivity contribution >= 4 is 40.4 Å². The Balaban J connectivity index is 1.31. The van der Waals surface area contributed by atoms with Crippen molar-refractivity contribution in [2.75, 3.05) is 19.7 Å². The van der Waals surface area contributed by atoms with Crippen molar-refractivity contribution in [3.05, 3.63) is 34.7 Å². The predicted molar refractivity (Wildman–Crippen MR) is 133 cm³/mol. The molecule has 1 amide bonds. The quantitative estimate of drug-likeness (QED) is 0.589. The number of fused-ring (bicyclic) bond motifs is 1. The fourth-order valence-corrected chi connectivity index (χ4v) is 7.09. The smallest absolute Gasteiger partial charge is 0.261 e. The number of nitrogens with zero attached hydrogens (tertiary/aromatic N) is 3. The molecule has 3 atom stereocenters. The molecule has 1 saturated carbocycles. The molecule has 8 nitrogen and oxygen atoms in total. The predicted octanol–water partition coefficient (Wildman–Crippen LogP) is 3.08. The van der Waals surface area contributed by atoms with Gasteiger partial charge in [0.05, 0.1) is 28.4 Å². The normalized spacial score (nSPS) is 26.0. The van der Waals surface area contributed by atoms with Crippen molar-refractivity contribution in [3.8, 4) is 10.4 Å². The average molecular weight is 517 g/mol. The Morgan fingerprint density at radius 2 is 2.03 bits per heavy atom. The van der Waals surface area contributed by atoms with Crippen LogP contribution in [0.15, 0.2) is 18.3 Å². The Labute approximate surface area is 213 Å². The number of halogens is 1. The topological polar surface area (TPSA) is 101 Å². The number of amides is 1. The highest BCUT2D eigenvalue weighted by molar-refractivity contribution is 7.17. The van der Waals surface area contributed by atoms with Crippen LogP contribution in [0.25, 0.3) is 10.4 Å². The molecule has 1 N–H and O–H groups in total. The summed E-state index contributed by atoms with van der Waals surface area (Å²) in [4.78, 5) is 51.3. The van der Waals surface area contributed by atoms with E-state index in [-0.39, 0.29) is 42.1 Å². The zero-order valence-electron chi connectivity index (χ0n) is 19.9. The Bertz CT molecular complexity index is 1160. The minimum atomic E-state index is -0.793. The number of ether oxygens (including phenoxy) is 1. The summed E-state index contributed by atoms with van der Waals surface area (Å²) < 4.78 is 5.65. The van der Waals surface area contributed by atoms with E-state index in [1.807, 2.05) is 24.8 Å². The molecule has 0 aromatic carbocycles. The molecule has 3 fully saturated rings. The summed E-state index contributed by atoms with van der Waals surface area (Å²) in [5.74, 6) is 0.336. The van der Waals surface area contributed by atoms with Gasteiger partial charge in [0.25, 0.3) is 5.91 Å². The Kier molecular flexibility index (Phi) is 6.78. The van der Waals surface area contributed by atoms with E-state index in [1.54, 1.807) is 12.3 Å². The van der Waals surface area contributed by atoms with Gasteiger partial charge in [0.1, 0.15) is 18.5 Å². The van der Waals surface area contributed by atoms with Crippen molar-refractivity contribution in [1.29, 1.82) is 0 Å². The van der Waals surface area contributed by atoms with Gasteiger partial charge in [-0.05, 0) is 38.8 Å². The van der Waals surface area contributed by atoms with E-state index < -0.39 is 11.6 Å². The Morgan fingerprint density at radius 1 is 1.26 bits per heavy atom. The first kappa shape index (κ1) is 24.5. The molecule has 186 valence electrons. The van der Waals surface area contributed by atoms with Gasteiger partial charge in [-0.15, -0.1) is 22.9 Å². The van der Waals surface area contributed by atoms with Crippen LogP contribution in [0.4, 0.5) is 0 Å². The van der Waals surface area contributed by atoms with Gasteiger partial charge in [-0.25, -0.2) is 9.97 Å². The third-order valence-electron chi connectivity index (χ3n) is 7.48. The summed E-state index contributed by atoms with van der Waals surface area (Å²) in [5, 5.41) is 2.50. The molecule has 0 radical (unpaired) electrons. The summed E-state index contributed by atoms with van der Waals surface area (Å²) in [6.07, 6.45) is 5.59. The van der Waals surface area contributed by atoms with Crippen LogP contribution in [-0.2, 0) is 14.3 Å². The van der Waals surface area contributed by atoms with Gasteiger partial charge >= 0.3 is 0 Å². The Hall–Kier alpha value is -2.20. The lowest BCUT2D eigenvalue weighted by molar-refractivity contribution is -0.136. The highest BCUT2D eigenvalue weighted by Gasteiger charge is 2.58. The first-order valence-electron chi connectivity index (χ1n) is 12.1. The minimum Gasteiger partial charge on any atom is -0.367 e. The minimum absolute atomic E-state index is 0.0126. The van der Waals surface area contributed by atoms with Crippen molar-refractivity contribution < 1.29 is 19.1 Å². The number of carbonyl (C=O) groups is 3. The number of aryl methyl sites for hydroxylation is 2. The Morgan fingerprint density at radius 3 is 2.77 bits per heavy atom. The lowest BCUT2D eigenvalue weighted by Gasteiger charge is -2.45. The standard InChI is InChI=1S/C25H29ClN4O4S/c1-14-16(10-27-15(2)29-14)19-6-7-20(35-19)24(33)28-11-21(32)25(8-4-3-5-9-25)30-12-17(26)23-22(30)18(31)13-34-23/h6-7,10,17,22-23H,3-5,8-9,11-13H2,1-2H3,(H,28,33)/t17-,22+,23+/m0/s1. The van der Waals surface area contributed by atoms with Crippen LogP contribution in [-0.4, -0.2) is 75.1 Å². The van der Waals surface area contributed by atoms with Crippen LogP contribution in [0.2, 0.25) is 0 Å². The third-order valence-corrected chi connectivity index (χ3v) is 8.98. The van der Waals surface area contributed by atoms with Crippen molar-refractivity contribution in [3.63, 3.8) is 0 Å². The summed E-state index contributed by atoms with van der Waals surface area (Å²) in [5.41, 5.74) is 0.950. The van der Waals surface area contributed by atoms with Gasteiger partial charge in [-0.2, -0.15) is 0 Å². The van der Waals surface area contributed by atoms with Crippen LogP contribution in [0.3, 0.4) is 0 Å². The molecule has 5 rings (SSSR count). The molecule has 2 saturated heterocycles. The van der Waals surface area contributed by atoms with Crippen LogP contribution in [0.1, 0.15) is 53.3 Å². The van der Waals surface area contributed by atoms with Gasteiger partial charge < -0.3 is 10.1 Å². The summed E-state index contributed by atoms with van der Waals surface area (Å²) in [7, 11) is 0. The number of carbonyl (C=O) groups excluding carboxylic acids is 3. The number of Topliss-reactive ketones (excluding diaryl/α,β-unsaturated/α-hetero) is 2. The number of hydrogen-bond acceptors (Lipinski definition) is 8. The number of hydrogen-bond donors (Lipinski definition) is 1. The van der Waals surface area contributed by atoms with E-state index in [0.717, 1.165) is 35.4 Å². The zero-order valence-corrected chi connectivity index (χ0v) is 21.5. The molecule has 35 heavy (non-hydrogen) atoms. The first-order chi connectivity index (χ1) is 16.8. The van der Waals surface area contributed by atoms with Crippen LogP contribution in [0, 0.1) is 13.8 Å². The van der Waals surface area contributed by atoms with Crippen molar-refractivity contribution in [1.82, 2.24) is 20.2 Å². The lowest BCUT2D eigenvalue weighted by Crippen LogP contribution is -2.61. The molecule has 0 unspecified atom stereocenters. The second kappa shape index (κ2) is 9.69. The fraction of sp³-hybridized carbons (Fsp3) is 0.560. The SMILES string of the molecule is Cc1ncc(-c2ccc(C(=O)NCC(=O)C3(N4C[C@H](Cl)[C@H]5OCC(=O)[C@H]54)CCCCC3)s2)c(C)n1. The average Bonchev–Trinajstić information content (AvgIpc) is 3.56. The van der Waals surface area contributed by atoms with E-state index in [2.05, 4.69) is 15.3 Å². The largest absolute Gasteiger partial charge is 0.367 e. The molecule has 4 heterocycles. The molecule has 3 aliphatic rings. The molecule has 0 bridgehead atoms. The van der Waals surface area contributed by atoms with E-state index in [9.17, 15) is 14.4 Å². The maximum absolute atomic E-state index is 13.7. The van der Waals surface area contributed by atoms with E-state index in [4.69, 9.17) is 16.3 Å². The van der Waals surface area contributed by atoms with Gasteiger partial charge in [-0.3, -0.25) is 19.3 Å². The number of aromatic nitrogens is 2. The molecular weight excluding hydrogens is 488 g/mol. The highest BCUT2D eigenvalue weighted by atomic mass is 35.5. The van der Waals surface area contributed by atoms with E-state index in [0.29, 0.717) is 30.1 Å². The maximum atomic E-state index is 13.7. The summed E-state index contributed by atoms with van der Waals surface area (Å²) >= 11 is 7.88. The van der Waals surface area contributed by atoms with Gasteiger partial charge in [0.2, 0.25) is 0 Å². The maximum Gasteiger partial charge on any atom is 0.261 e. The monoisotopic (exact) mass is 516 g/mol. The number of ketones is 2. The van der Waals surface area contributed by atoms with Gasteiger partial charge in [0.15, 0.2) is 11.6 Å². The molecule has 1 aliphatic carbocycles. The van der Waals surface area contributed by atoms with E-state index in [1.165, 1.54) is 11.3 Å². The zero-order chi connectivity index (χ0) is 24.7. The molecule has 0 spiro atoms. The summed E-state index contributed by atoms with van der Waals surface area (Å²) in [6, 6.07) is 3.16. The van der Waals surface area contributed by atoms with Crippen LogP contribution >= 0.6 is 22.9 Å². The second-order valence-corrected chi connectivity index (χ2v) is 11.3. The highest BCUT2D eigenvalue weighted by Crippen LogP contribution is 2.42. The molecular formula is C25H29ClN4O4S. The number of nitrogens with one attached hydrogen (secondary N) is 1. The van der Waals surface area contributed by atoms with E-state index >= 15 is 0 Å². The number of thiophene rings is 1. The van der Waals surface area contributed by atoms with Gasteiger partial charge in [-0.1, -0.05) is 19.3 Å². The molecule has 2 aromatic rings. The van der Waals surface area contributed by atoms with Gasteiger partial charge in [0, 0.05) is 28.9 Å². The van der Waals surface area contributed by atoms with Crippen LogP contribution < -0.4 is 5.32 Å². The van der Waals surface area contributed by atoms with Crippen LogP contribution in [0.5, 0.6) is 0 Å². The second-order valence-electron chi connectivity index (χ2n) is 9.63. The van der Waals surface area contributed by atoms with Crippen molar-refractivity contribution in [2.24, 2.45) is 0 Å². The molecule has 2 aliphatic heterocycles. The fourth-order valence-electron chi connectivity index (χ4n) is 5.74.